The second-order valence-electron chi connectivity index (χ2n) is 6.49. The summed E-state index contributed by atoms with van der Waals surface area (Å²) in [6, 6.07) is 9.37. The van der Waals surface area contributed by atoms with Crippen molar-refractivity contribution in [2.45, 2.75) is 33.1 Å². The molecule has 1 N–H and O–H groups in total. The highest BCUT2D eigenvalue weighted by Gasteiger charge is 2.31. The Morgan fingerprint density at radius 2 is 2.00 bits per heavy atom. The van der Waals surface area contributed by atoms with E-state index in [4.69, 9.17) is 4.74 Å². The van der Waals surface area contributed by atoms with E-state index in [1.165, 1.54) is 0 Å². The van der Waals surface area contributed by atoms with Gasteiger partial charge in [0.05, 0.1) is 5.56 Å². The van der Waals surface area contributed by atoms with Gasteiger partial charge in [-0.25, -0.2) is 0 Å². The van der Waals surface area contributed by atoms with E-state index >= 15 is 0 Å². The fourth-order valence-corrected chi connectivity index (χ4v) is 3.80. The number of carbonyl (C=O) groups excluding carboxylic acids is 2. The highest BCUT2D eigenvalue weighted by Crippen LogP contribution is 2.40. The SMILES string of the molecule is Cc1cc(Br)ccc1NC(=O)COc1ccc(C)c2c1C(=O)CC2C. The van der Waals surface area contributed by atoms with Gasteiger partial charge in [-0.1, -0.05) is 28.9 Å². The fraction of sp³-hybridized carbons (Fsp3) is 0.300. The van der Waals surface area contributed by atoms with Crippen molar-refractivity contribution in [1.82, 2.24) is 0 Å². The summed E-state index contributed by atoms with van der Waals surface area (Å²) in [4.78, 5) is 24.5. The Bertz CT molecular complexity index is 860. The van der Waals surface area contributed by atoms with Gasteiger partial charge in [0.1, 0.15) is 5.75 Å². The molecule has 5 heteroatoms. The third-order valence-electron chi connectivity index (χ3n) is 4.51. The molecule has 2 aromatic rings. The quantitative estimate of drug-likeness (QED) is 0.802. The lowest BCUT2D eigenvalue weighted by Crippen LogP contribution is -2.21. The minimum absolute atomic E-state index is 0.0883. The summed E-state index contributed by atoms with van der Waals surface area (Å²) in [5.74, 6) is 0.534. The van der Waals surface area contributed by atoms with Crippen molar-refractivity contribution in [2.24, 2.45) is 0 Å². The van der Waals surface area contributed by atoms with Crippen LogP contribution in [0.1, 0.15) is 46.3 Å². The van der Waals surface area contributed by atoms with Crippen molar-refractivity contribution in [3.63, 3.8) is 0 Å². The van der Waals surface area contributed by atoms with E-state index in [2.05, 4.69) is 21.2 Å². The van der Waals surface area contributed by atoms with Crippen LogP contribution >= 0.6 is 15.9 Å². The first-order chi connectivity index (χ1) is 11.9. The van der Waals surface area contributed by atoms with E-state index in [-0.39, 0.29) is 24.2 Å². The lowest BCUT2D eigenvalue weighted by atomic mass is 9.97. The Hall–Kier alpha value is -2.14. The van der Waals surface area contributed by atoms with Crippen molar-refractivity contribution in [1.29, 1.82) is 0 Å². The number of hydrogen-bond donors (Lipinski definition) is 1. The second kappa shape index (κ2) is 7.00. The summed E-state index contributed by atoms with van der Waals surface area (Å²) < 4.78 is 6.64. The summed E-state index contributed by atoms with van der Waals surface area (Å²) in [7, 11) is 0. The monoisotopic (exact) mass is 401 g/mol. The van der Waals surface area contributed by atoms with Crippen molar-refractivity contribution in [3.05, 3.63) is 57.1 Å². The third-order valence-corrected chi connectivity index (χ3v) is 5.00. The number of fused-ring (bicyclic) bond motifs is 1. The van der Waals surface area contributed by atoms with Crippen LogP contribution in [0.2, 0.25) is 0 Å². The molecule has 0 radical (unpaired) electrons. The average Bonchev–Trinajstić information content (AvgIpc) is 2.85. The highest BCUT2D eigenvalue weighted by molar-refractivity contribution is 9.10. The van der Waals surface area contributed by atoms with Crippen molar-refractivity contribution in [3.8, 4) is 5.75 Å². The molecular weight excluding hydrogens is 382 g/mol. The molecule has 0 spiro atoms. The van der Waals surface area contributed by atoms with Crippen molar-refractivity contribution >= 4 is 33.3 Å². The number of hydrogen-bond acceptors (Lipinski definition) is 3. The van der Waals surface area contributed by atoms with Gasteiger partial charge >= 0.3 is 0 Å². The van der Waals surface area contributed by atoms with Gasteiger partial charge in [0.25, 0.3) is 5.91 Å². The van der Waals surface area contributed by atoms with E-state index < -0.39 is 0 Å². The standard InChI is InChI=1S/C20H20BrNO3/c1-11-4-7-17(20-16(23)9-13(3)19(11)20)25-10-18(24)22-15-6-5-14(21)8-12(15)2/h4-8,13H,9-10H2,1-3H3,(H,22,24). The number of amides is 1. The van der Waals surface area contributed by atoms with Crippen LogP contribution in [0.25, 0.3) is 0 Å². The molecule has 0 aliphatic heterocycles. The number of Topliss-reactive ketones (excluding diaryl/α,β-unsaturated/α-hetero) is 1. The van der Waals surface area contributed by atoms with Crippen LogP contribution in [0, 0.1) is 13.8 Å². The molecule has 1 atom stereocenters. The van der Waals surface area contributed by atoms with Crippen LogP contribution in [-0.4, -0.2) is 18.3 Å². The van der Waals surface area contributed by atoms with E-state index in [9.17, 15) is 9.59 Å². The van der Waals surface area contributed by atoms with Gasteiger partial charge < -0.3 is 10.1 Å². The zero-order valence-corrected chi connectivity index (χ0v) is 16.1. The average molecular weight is 402 g/mol. The number of nitrogens with one attached hydrogen (secondary N) is 1. The molecule has 1 unspecified atom stereocenters. The van der Waals surface area contributed by atoms with E-state index in [0.717, 1.165) is 26.9 Å². The predicted octanol–water partition coefficient (Wildman–Crippen LogP) is 4.77. The molecule has 1 aliphatic carbocycles. The van der Waals surface area contributed by atoms with Gasteiger partial charge in [0, 0.05) is 16.6 Å². The molecular formula is C20H20BrNO3. The van der Waals surface area contributed by atoms with Gasteiger partial charge in [-0.2, -0.15) is 0 Å². The van der Waals surface area contributed by atoms with Gasteiger partial charge in [-0.05, 0) is 60.7 Å². The number of halogens is 1. The molecule has 3 rings (SSSR count). The van der Waals surface area contributed by atoms with Crippen LogP contribution in [0.15, 0.2) is 34.8 Å². The maximum atomic E-state index is 12.3. The predicted molar refractivity (Wildman–Crippen MR) is 102 cm³/mol. The molecule has 1 amide bonds. The topological polar surface area (TPSA) is 55.4 Å². The number of aryl methyl sites for hydroxylation is 2. The van der Waals surface area contributed by atoms with Crippen LogP contribution in [0.5, 0.6) is 5.75 Å². The second-order valence-corrected chi connectivity index (χ2v) is 7.41. The molecule has 4 nitrogen and oxygen atoms in total. The van der Waals surface area contributed by atoms with Gasteiger partial charge in [-0.15, -0.1) is 0 Å². The van der Waals surface area contributed by atoms with Gasteiger partial charge in [0.15, 0.2) is 12.4 Å². The number of ketones is 1. The van der Waals surface area contributed by atoms with Gasteiger partial charge in [0.2, 0.25) is 0 Å². The summed E-state index contributed by atoms with van der Waals surface area (Å²) >= 11 is 3.40. The molecule has 0 bridgehead atoms. The molecule has 0 aromatic heterocycles. The minimum atomic E-state index is -0.252. The minimum Gasteiger partial charge on any atom is -0.483 e. The Balaban J connectivity index is 1.72. The largest absolute Gasteiger partial charge is 0.483 e. The first-order valence-corrected chi connectivity index (χ1v) is 9.01. The zero-order chi connectivity index (χ0) is 18.1. The molecule has 1 aliphatic rings. The van der Waals surface area contributed by atoms with Crippen LogP contribution in [-0.2, 0) is 4.79 Å². The summed E-state index contributed by atoms with van der Waals surface area (Å²) in [5.41, 5.74) is 4.49. The van der Waals surface area contributed by atoms with Crippen LogP contribution in [0.4, 0.5) is 5.69 Å². The smallest absolute Gasteiger partial charge is 0.262 e. The first-order valence-electron chi connectivity index (χ1n) is 8.22. The lowest BCUT2D eigenvalue weighted by molar-refractivity contribution is -0.118. The normalized spacial score (nSPS) is 15.8. The van der Waals surface area contributed by atoms with Crippen LogP contribution in [0.3, 0.4) is 0 Å². The number of carbonyl (C=O) groups is 2. The lowest BCUT2D eigenvalue weighted by Gasteiger charge is -2.14. The zero-order valence-electron chi connectivity index (χ0n) is 14.5. The highest BCUT2D eigenvalue weighted by atomic mass is 79.9. The number of ether oxygens (including phenoxy) is 1. The van der Waals surface area contributed by atoms with E-state index in [0.29, 0.717) is 17.7 Å². The van der Waals surface area contributed by atoms with E-state index in [1.54, 1.807) is 6.07 Å². The third kappa shape index (κ3) is 3.61. The summed E-state index contributed by atoms with van der Waals surface area (Å²) in [5, 5.41) is 2.84. The molecule has 0 heterocycles. The number of anilines is 1. The molecule has 130 valence electrons. The molecule has 0 fully saturated rings. The number of benzene rings is 2. The number of rotatable bonds is 4. The van der Waals surface area contributed by atoms with Crippen molar-refractivity contribution in [2.75, 3.05) is 11.9 Å². The fourth-order valence-electron chi connectivity index (χ4n) is 3.33. The van der Waals surface area contributed by atoms with Crippen LogP contribution < -0.4 is 10.1 Å². The molecule has 0 saturated heterocycles. The Kier molecular flexibility index (Phi) is 4.95. The molecule has 0 saturated carbocycles. The first kappa shape index (κ1) is 17.7. The van der Waals surface area contributed by atoms with Gasteiger partial charge in [-0.3, -0.25) is 9.59 Å². The maximum absolute atomic E-state index is 12.3. The summed E-state index contributed by atoms with van der Waals surface area (Å²) in [6.07, 6.45) is 0.501. The molecule has 25 heavy (non-hydrogen) atoms. The molecule has 2 aromatic carbocycles. The van der Waals surface area contributed by atoms with E-state index in [1.807, 2.05) is 45.0 Å². The Morgan fingerprint density at radius 1 is 1.24 bits per heavy atom. The maximum Gasteiger partial charge on any atom is 0.262 e. The Morgan fingerprint density at radius 3 is 2.72 bits per heavy atom. The summed E-state index contributed by atoms with van der Waals surface area (Å²) in [6.45, 7) is 5.84. The Labute approximate surface area is 155 Å². The van der Waals surface area contributed by atoms with Crippen molar-refractivity contribution < 1.29 is 14.3 Å².